The topological polar surface area (TPSA) is 15.3 Å². The summed E-state index contributed by atoms with van der Waals surface area (Å²) in [5.74, 6) is 0.721. The predicted molar refractivity (Wildman–Crippen MR) is 79.1 cm³/mol. The van der Waals surface area contributed by atoms with Crippen LogP contribution in [0.4, 0.5) is 5.69 Å². The zero-order chi connectivity index (χ0) is 13.0. The normalized spacial score (nSPS) is 19.1. The van der Waals surface area contributed by atoms with Gasteiger partial charge in [-0.3, -0.25) is 0 Å². The van der Waals surface area contributed by atoms with Crippen LogP contribution in [-0.4, -0.2) is 19.6 Å². The first-order chi connectivity index (χ1) is 8.72. The molecular formula is C16H26N2. The van der Waals surface area contributed by atoms with Crippen molar-refractivity contribution in [2.24, 2.45) is 5.92 Å². The molecule has 100 valence electrons. The van der Waals surface area contributed by atoms with Crippen molar-refractivity contribution >= 4 is 5.69 Å². The van der Waals surface area contributed by atoms with Crippen LogP contribution in [-0.2, 0) is 0 Å². The summed E-state index contributed by atoms with van der Waals surface area (Å²) in [6, 6.07) is 9.43. The van der Waals surface area contributed by atoms with Crippen molar-refractivity contribution in [2.45, 2.75) is 39.7 Å². The van der Waals surface area contributed by atoms with E-state index in [-0.39, 0.29) is 0 Å². The van der Waals surface area contributed by atoms with E-state index in [9.17, 15) is 0 Å². The van der Waals surface area contributed by atoms with Crippen LogP contribution in [0.25, 0.3) is 0 Å². The maximum absolute atomic E-state index is 3.67. The smallest absolute Gasteiger partial charge is 0.0414 e. The van der Waals surface area contributed by atoms with Gasteiger partial charge < -0.3 is 10.2 Å². The van der Waals surface area contributed by atoms with Crippen molar-refractivity contribution < 1.29 is 0 Å². The zero-order valence-corrected chi connectivity index (χ0v) is 11.9. The minimum atomic E-state index is 0.546. The molecule has 0 radical (unpaired) electrons. The molecule has 1 unspecified atom stereocenters. The summed E-state index contributed by atoms with van der Waals surface area (Å²) >= 11 is 0. The molecule has 0 fully saturated rings. The maximum Gasteiger partial charge on any atom is 0.0414 e. The van der Waals surface area contributed by atoms with Crippen molar-refractivity contribution in [1.82, 2.24) is 5.32 Å². The van der Waals surface area contributed by atoms with Crippen LogP contribution in [0, 0.1) is 5.92 Å². The van der Waals surface area contributed by atoms with Gasteiger partial charge in [-0.2, -0.15) is 0 Å². The number of nitrogens with zero attached hydrogens (tertiary/aromatic N) is 1. The highest BCUT2D eigenvalue weighted by Crippen LogP contribution is 2.33. The van der Waals surface area contributed by atoms with Gasteiger partial charge in [-0.15, -0.1) is 0 Å². The van der Waals surface area contributed by atoms with Gasteiger partial charge in [0.15, 0.2) is 0 Å². The van der Waals surface area contributed by atoms with Crippen LogP contribution in [0.5, 0.6) is 0 Å². The van der Waals surface area contributed by atoms with E-state index in [1.54, 1.807) is 0 Å². The van der Waals surface area contributed by atoms with E-state index in [0.29, 0.717) is 6.04 Å². The molecule has 0 amide bonds. The van der Waals surface area contributed by atoms with Crippen molar-refractivity contribution in [3.8, 4) is 0 Å². The largest absolute Gasteiger partial charge is 0.371 e. The molecule has 0 spiro atoms. The number of benzene rings is 1. The lowest BCUT2D eigenvalue weighted by Crippen LogP contribution is -2.37. The molecular weight excluding hydrogens is 220 g/mol. The van der Waals surface area contributed by atoms with E-state index >= 15 is 0 Å². The van der Waals surface area contributed by atoms with Gasteiger partial charge in [0.2, 0.25) is 0 Å². The molecule has 2 nitrogen and oxygen atoms in total. The van der Waals surface area contributed by atoms with Gasteiger partial charge >= 0.3 is 0 Å². The van der Waals surface area contributed by atoms with Gasteiger partial charge in [0.05, 0.1) is 0 Å². The summed E-state index contributed by atoms with van der Waals surface area (Å²) in [7, 11) is 0. The lowest BCUT2D eigenvalue weighted by atomic mass is 9.95. The Bertz CT molecular complexity index is 373. The van der Waals surface area contributed by atoms with Gasteiger partial charge in [-0.1, -0.05) is 39.0 Å². The Morgan fingerprint density at radius 3 is 2.83 bits per heavy atom. The molecule has 1 heterocycles. The third-order valence-corrected chi connectivity index (χ3v) is 3.57. The van der Waals surface area contributed by atoms with Crippen LogP contribution in [0.3, 0.4) is 0 Å². The summed E-state index contributed by atoms with van der Waals surface area (Å²) in [6.45, 7) is 10.3. The number of hydrogen-bond donors (Lipinski definition) is 1. The summed E-state index contributed by atoms with van der Waals surface area (Å²) in [6.07, 6.45) is 2.43. The molecule has 1 aromatic rings. The second-order valence-electron chi connectivity index (χ2n) is 5.69. The number of fused-ring (bicyclic) bond motifs is 1. The Hall–Kier alpha value is -1.02. The molecule has 18 heavy (non-hydrogen) atoms. The third kappa shape index (κ3) is 3.05. The minimum absolute atomic E-state index is 0.546. The molecule has 1 aliphatic rings. The van der Waals surface area contributed by atoms with Gasteiger partial charge in [0.1, 0.15) is 0 Å². The van der Waals surface area contributed by atoms with Gasteiger partial charge in [-0.05, 0) is 36.9 Å². The third-order valence-electron chi connectivity index (χ3n) is 3.57. The quantitative estimate of drug-likeness (QED) is 0.854. The molecule has 2 heteroatoms. The molecule has 1 atom stereocenters. The van der Waals surface area contributed by atoms with E-state index in [4.69, 9.17) is 0 Å². The minimum Gasteiger partial charge on any atom is -0.371 e. The molecule has 2 rings (SSSR count). The summed E-state index contributed by atoms with van der Waals surface area (Å²) in [5.41, 5.74) is 2.92. The Balaban J connectivity index is 2.17. The van der Waals surface area contributed by atoms with E-state index in [2.05, 4.69) is 55.3 Å². The Kier molecular flexibility index (Phi) is 4.65. The van der Waals surface area contributed by atoms with Crippen molar-refractivity contribution in [2.75, 3.05) is 24.5 Å². The number of anilines is 1. The highest BCUT2D eigenvalue weighted by Gasteiger charge is 2.24. The summed E-state index contributed by atoms with van der Waals surface area (Å²) in [5, 5.41) is 3.67. The first-order valence-corrected chi connectivity index (χ1v) is 7.29. The summed E-state index contributed by atoms with van der Waals surface area (Å²) in [4.78, 5) is 2.55. The molecule has 0 saturated heterocycles. The second-order valence-corrected chi connectivity index (χ2v) is 5.69. The fourth-order valence-corrected chi connectivity index (χ4v) is 2.79. The van der Waals surface area contributed by atoms with E-state index in [1.807, 2.05) is 0 Å². The van der Waals surface area contributed by atoms with Crippen molar-refractivity contribution in [1.29, 1.82) is 0 Å². The lowest BCUT2D eigenvalue weighted by molar-refractivity contribution is 0.466. The first-order valence-electron chi connectivity index (χ1n) is 7.29. The molecule has 0 bridgehead atoms. The number of hydrogen-bond acceptors (Lipinski definition) is 2. The zero-order valence-electron chi connectivity index (χ0n) is 11.9. The number of rotatable bonds is 5. The second kappa shape index (κ2) is 6.24. The van der Waals surface area contributed by atoms with Crippen molar-refractivity contribution in [3.05, 3.63) is 29.8 Å². The molecule has 1 N–H and O–H groups in total. The van der Waals surface area contributed by atoms with Crippen LogP contribution in [0.1, 0.15) is 45.2 Å². The van der Waals surface area contributed by atoms with E-state index < -0.39 is 0 Å². The van der Waals surface area contributed by atoms with E-state index in [1.165, 1.54) is 30.6 Å². The fraction of sp³-hybridized carbons (Fsp3) is 0.625. The fourth-order valence-electron chi connectivity index (χ4n) is 2.79. The maximum atomic E-state index is 3.67. The predicted octanol–water partition coefficient (Wildman–Crippen LogP) is 3.59. The molecule has 1 aliphatic heterocycles. The molecule has 0 saturated carbocycles. The average molecular weight is 246 g/mol. The number of para-hydroxylation sites is 1. The van der Waals surface area contributed by atoms with Crippen molar-refractivity contribution in [3.63, 3.8) is 0 Å². The summed E-state index contributed by atoms with van der Waals surface area (Å²) < 4.78 is 0. The van der Waals surface area contributed by atoms with E-state index in [0.717, 1.165) is 19.0 Å². The Morgan fingerprint density at radius 2 is 2.11 bits per heavy atom. The highest BCUT2D eigenvalue weighted by molar-refractivity contribution is 5.57. The first kappa shape index (κ1) is 13.4. The number of nitrogens with one attached hydrogen (secondary N) is 1. The molecule has 0 aromatic heterocycles. The van der Waals surface area contributed by atoms with Gasteiger partial charge in [0, 0.05) is 24.8 Å². The van der Waals surface area contributed by atoms with Crippen LogP contribution in [0.15, 0.2) is 24.3 Å². The van der Waals surface area contributed by atoms with Crippen LogP contribution < -0.4 is 10.2 Å². The lowest BCUT2D eigenvalue weighted by Gasteiger charge is -2.37. The SMILES string of the molecule is CCCNC1CCN(CC(C)C)c2ccccc21. The Morgan fingerprint density at radius 1 is 1.33 bits per heavy atom. The Labute approximate surface area is 111 Å². The van der Waals surface area contributed by atoms with Gasteiger partial charge in [0.25, 0.3) is 0 Å². The monoisotopic (exact) mass is 246 g/mol. The molecule has 1 aromatic carbocycles. The highest BCUT2D eigenvalue weighted by atomic mass is 15.1. The van der Waals surface area contributed by atoms with Gasteiger partial charge in [-0.25, -0.2) is 0 Å². The average Bonchev–Trinajstić information content (AvgIpc) is 2.37. The van der Waals surface area contributed by atoms with Crippen LogP contribution in [0.2, 0.25) is 0 Å². The molecule has 0 aliphatic carbocycles. The van der Waals surface area contributed by atoms with Crippen LogP contribution >= 0.6 is 0 Å². The standard InChI is InChI=1S/C16H26N2/c1-4-10-17-15-9-11-18(12-13(2)3)16-8-6-5-7-14(15)16/h5-8,13,15,17H,4,9-12H2,1-3H3.